The maximum Gasteiger partial charge on any atom is 0.149 e. The van der Waals surface area contributed by atoms with Crippen LogP contribution in [0.5, 0.6) is 0 Å². The topological polar surface area (TPSA) is 50.9 Å². The molecule has 18 heavy (non-hydrogen) atoms. The van der Waals surface area contributed by atoms with Crippen LogP contribution >= 0.6 is 11.6 Å². The Bertz CT molecular complexity index is 540. The highest BCUT2D eigenvalue weighted by Gasteiger charge is 2.02. The van der Waals surface area contributed by atoms with Gasteiger partial charge in [0.1, 0.15) is 5.82 Å². The minimum atomic E-state index is 0.553. The molecule has 1 heterocycles. The third kappa shape index (κ3) is 3.14. The normalized spacial score (nSPS) is 10.3. The largest absolute Gasteiger partial charge is 0.396 e. The van der Waals surface area contributed by atoms with Crippen molar-refractivity contribution in [3.05, 3.63) is 52.7 Å². The lowest BCUT2D eigenvalue weighted by molar-refractivity contribution is 0.995. The fourth-order valence-electron chi connectivity index (χ4n) is 1.81. The lowest BCUT2D eigenvalue weighted by Crippen LogP contribution is -2.09. The summed E-state index contributed by atoms with van der Waals surface area (Å²) in [6.07, 6.45) is 2.53. The van der Waals surface area contributed by atoms with Gasteiger partial charge in [-0.2, -0.15) is 0 Å². The van der Waals surface area contributed by atoms with Crippen molar-refractivity contribution in [2.75, 3.05) is 17.6 Å². The third-order valence-corrected chi connectivity index (χ3v) is 3.04. The van der Waals surface area contributed by atoms with Gasteiger partial charge in [-0.05, 0) is 30.5 Å². The average Bonchev–Trinajstić information content (AvgIpc) is 2.34. The summed E-state index contributed by atoms with van der Waals surface area (Å²) in [6, 6.07) is 10.0. The Labute approximate surface area is 112 Å². The Kier molecular flexibility index (Phi) is 4.05. The van der Waals surface area contributed by atoms with Crippen LogP contribution in [-0.2, 0) is 6.42 Å². The maximum atomic E-state index is 5.82. The second kappa shape index (κ2) is 5.74. The van der Waals surface area contributed by atoms with Crippen LogP contribution in [-0.4, -0.2) is 11.5 Å². The van der Waals surface area contributed by atoms with E-state index in [1.54, 1.807) is 12.3 Å². The number of aryl methyl sites for hydroxylation is 1. The van der Waals surface area contributed by atoms with Gasteiger partial charge in [-0.1, -0.05) is 35.9 Å². The SMILES string of the molecule is Cc1ccccc1CCNc1ncc(Cl)cc1N. The van der Waals surface area contributed by atoms with E-state index in [0.717, 1.165) is 13.0 Å². The predicted molar refractivity (Wildman–Crippen MR) is 77.0 cm³/mol. The van der Waals surface area contributed by atoms with Gasteiger partial charge in [0.15, 0.2) is 0 Å². The van der Waals surface area contributed by atoms with E-state index in [1.165, 1.54) is 11.1 Å². The van der Waals surface area contributed by atoms with Gasteiger partial charge in [0, 0.05) is 12.7 Å². The molecule has 0 unspecified atom stereocenters. The van der Waals surface area contributed by atoms with Gasteiger partial charge >= 0.3 is 0 Å². The third-order valence-electron chi connectivity index (χ3n) is 2.83. The molecule has 0 saturated heterocycles. The highest BCUT2D eigenvalue weighted by molar-refractivity contribution is 6.30. The van der Waals surface area contributed by atoms with Crippen LogP contribution in [0.25, 0.3) is 0 Å². The van der Waals surface area contributed by atoms with E-state index in [2.05, 4.69) is 35.4 Å². The van der Waals surface area contributed by atoms with Crippen LogP contribution in [0, 0.1) is 6.92 Å². The first kappa shape index (κ1) is 12.7. The summed E-state index contributed by atoms with van der Waals surface area (Å²) >= 11 is 5.80. The number of nitrogens with one attached hydrogen (secondary N) is 1. The molecule has 0 saturated carbocycles. The number of nitrogens with zero attached hydrogens (tertiary/aromatic N) is 1. The molecular formula is C14H16ClN3. The van der Waals surface area contributed by atoms with Crippen LogP contribution in [0.2, 0.25) is 5.02 Å². The molecule has 1 aromatic heterocycles. The molecule has 0 aliphatic carbocycles. The molecule has 0 aliphatic rings. The number of hydrogen-bond acceptors (Lipinski definition) is 3. The summed E-state index contributed by atoms with van der Waals surface area (Å²) < 4.78 is 0. The standard InChI is InChI=1S/C14H16ClN3/c1-10-4-2-3-5-11(10)6-7-17-14-13(16)8-12(15)9-18-14/h2-5,8-9H,6-7,16H2,1H3,(H,17,18). The van der Waals surface area contributed by atoms with Gasteiger partial charge < -0.3 is 11.1 Å². The van der Waals surface area contributed by atoms with Crippen LogP contribution in [0.4, 0.5) is 11.5 Å². The summed E-state index contributed by atoms with van der Waals surface area (Å²) in [5.41, 5.74) is 9.03. The van der Waals surface area contributed by atoms with Crippen molar-refractivity contribution < 1.29 is 0 Å². The van der Waals surface area contributed by atoms with Crippen molar-refractivity contribution in [2.24, 2.45) is 0 Å². The van der Waals surface area contributed by atoms with Crippen molar-refractivity contribution in [1.82, 2.24) is 4.98 Å². The lowest BCUT2D eigenvalue weighted by atomic mass is 10.1. The van der Waals surface area contributed by atoms with E-state index >= 15 is 0 Å². The van der Waals surface area contributed by atoms with E-state index in [0.29, 0.717) is 16.5 Å². The molecule has 3 nitrogen and oxygen atoms in total. The highest BCUT2D eigenvalue weighted by Crippen LogP contribution is 2.19. The fraction of sp³-hybridized carbons (Fsp3) is 0.214. The van der Waals surface area contributed by atoms with Gasteiger partial charge in [-0.25, -0.2) is 4.98 Å². The summed E-state index contributed by atoms with van der Waals surface area (Å²) in [5, 5.41) is 3.77. The Balaban J connectivity index is 1.95. The molecule has 0 bridgehead atoms. The number of hydrogen-bond donors (Lipinski definition) is 2. The number of aromatic nitrogens is 1. The monoisotopic (exact) mass is 261 g/mol. The fourth-order valence-corrected chi connectivity index (χ4v) is 1.98. The summed E-state index contributed by atoms with van der Waals surface area (Å²) in [6.45, 7) is 2.91. The second-order valence-electron chi connectivity index (χ2n) is 4.19. The molecule has 0 atom stereocenters. The second-order valence-corrected chi connectivity index (χ2v) is 4.63. The van der Waals surface area contributed by atoms with E-state index in [4.69, 9.17) is 17.3 Å². The number of nitrogen functional groups attached to an aromatic ring is 1. The van der Waals surface area contributed by atoms with Gasteiger partial charge in [-0.15, -0.1) is 0 Å². The Morgan fingerprint density at radius 2 is 2.11 bits per heavy atom. The number of halogens is 1. The molecule has 94 valence electrons. The van der Waals surface area contributed by atoms with Crippen molar-refractivity contribution in [1.29, 1.82) is 0 Å². The number of benzene rings is 1. The van der Waals surface area contributed by atoms with Crippen molar-refractivity contribution >= 4 is 23.1 Å². The first-order chi connectivity index (χ1) is 8.66. The van der Waals surface area contributed by atoms with Gasteiger partial charge in [-0.3, -0.25) is 0 Å². The number of rotatable bonds is 4. The van der Waals surface area contributed by atoms with Crippen LogP contribution < -0.4 is 11.1 Å². The van der Waals surface area contributed by atoms with E-state index in [-0.39, 0.29) is 0 Å². The average molecular weight is 262 g/mol. The molecule has 4 heteroatoms. The van der Waals surface area contributed by atoms with Crippen molar-refractivity contribution in [2.45, 2.75) is 13.3 Å². The first-order valence-corrected chi connectivity index (χ1v) is 6.24. The zero-order valence-electron chi connectivity index (χ0n) is 10.3. The zero-order valence-corrected chi connectivity index (χ0v) is 11.0. The quantitative estimate of drug-likeness (QED) is 0.888. The van der Waals surface area contributed by atoms with Crippen molar-refractivity contribution in [3.8, 4) is 0 Å². The maximum absolute atomic E-state index is 5.82. The number of anilines is 2. The summed E-state index contributed by atoms with van der Waals surface area (Å²) in [5.74, 6) is 0.688. The zero-order chi connectivity index (χ0) is 13.0. The number of nitrogens with two attached hydrogens (primary N) is 1. The van der Waals surface area contributed by atoms with E-state index in [9.17, 15) is 0 Å². The van der Waals surface area contributed by atoms with E-state index < -0.39 is 0 Å². The first-order valence-electron chi connectivity index (χ1n) is 5.86. The van der Waals surface area contributed by atoms with Crippen LogP contribution in [0.1, 0.15) is 11.1 Å². The summed E-state index contributed by atoms with van der Waals surface area (Å²) in [7, 11) is 0. The van der Waals surface area contributed by atoms with Gasteiger partial charge in [0.05, 0.1) is 10.7 Å². The van der Waals surface area contributed by atoms with Gasteiger partial charge in [0.25, 0.3) is 0 Å². The molecule has 0 fully saturated rings. The predicted octanol–water partition coefficient (Wildman–Crippen LogP) is 3.28. The molecule has 0 aliphatic heterocycles. The molecule has 1 aromatic carbocycles. The van der Waals surface area contributed by atoms with E-state index in [1.807, 2.05) is 6.07 Å². The molecule has 0 amide bonds. The Hall–Kier alpha value is -1.74. The molecular weight excluding hydrogens is 246 g/mol. The summed E-state index contributed by atoms with van der Waals surface area (Å²) in [4.78, 5) is 4.16. The molecule has 2 rings (SSSR count). The Morgan fingerprint density at radius 1 is 1.33 bits per heavy atom. The van der Waals surface area contributed by atoms with Crippen LogP contribution in [0.15, 0.2) is 36.5 Å². The van der Waals surface area contributed by atoms with Gasteiger partial charge in [0.2, 0.25) is 0 Å². The smallest absolute Gasteiger partial charge is 0.149 e. The minimum Gasteiger partial charge on any atom is -0.396 e. The Morgan fingerprint density at radius 3 is 2.83 bits per heavy atom. The molecule has 3 N–H and O–H groups in total. The molecule has 0 radical (unpaired) electrons. The lowest BCUT2D eigenvalue weighted by Gasteiger charge is -2.09. The van der Waals surface area contributed by atoms with Crippen molar-refractivity contribution in [3.63, 3.8) is 0 Å². The minimum absolute atomic E-state index is 0.553. The number of pyridine rings is 1. The molecule has 0 spiro atoms. The molecule has 2 aromatic rings. The van der Waals surface area contributed by atoms with Crippen LogP contribution in [0.3, 0.4) is 0 Å². The highest BCUT2D eigenvalue weighted by atomic mass is 35.5.